The van der Waals surface area contributed by atoms with E-state index >= 15 is 0 Å². The number of nitrogens with zero attached hydrogens (tertiary/aromatic N) is 2. The standard InChI is InChI=1S/C10H13N3O4S/c1-3-17-9(14)6-18-10-7(13(15)16)4-5-8(11-2)12-10/h4-5H,3,6H2,1-2H3,(H,11,12). The topological polar surface area (TPSA) is 94.4 Å². The lowest BCUT2D eigenvalue weighted by Gasteiger charge is -2.04. The molecule has 0 spiro atoms. The van der Waals surface area contributed by atoms with Crippen molar-refractivity contribution in [3.8, 4) is 0 Å². The fraction of sp³-hybridized carbons (Fsp3) is 0.400. The van der Waals surface area contributed by atoms with Crippen LogP contribution in [0.25, 0.3) is 0 Å². The molecule has 0 saturated carbocycles. The van der Waals surface area contributed by atoms with Crippen LogP contribution < -0.4 is 5.32 Å². The van der Waals surface area contributed by atoms with Crippen molar-refractivity contribution in [1.82, 2.24) is 4.98 Å². The molecule has 0 aliphatic heterocycles. The number of rotatable bonds is 6. The number of pyridine rings is 1. The first kappa shape index (κ1) is 14.2. The van der Waals surface area contributed by atoms with Gasteiger partial charge in [0.05, 0.1) is 17.3 Å². The molecule has 1 aromatic rings. The van der Waals surface area contributed by atoms with Crippen LogP contribution >= 0.6 is 11.8 Å². The van der Waals surface area contributed by atoms with E-state index in [0.717, 1.165) is 11.8 Å². The minimum atomic E-state index is -0.528. The Morgan fingerprint density at radius 3 is 2.89 bits per heavy atom. The molecular formula is C10H13N3O4S. The van der Waals surface area contributed by atoms with Crippen molar-refractivity contribution in [3.63, 3.8) is 0 Å². The summed E-state index contributed by atoms with van der Waals surface area (Å²) in [4.78, 5) is 25.5. The molecule has 0 fully saturated rings. The average molecular weight is 271 g/mol. The first-order valence-corrected chi connectivity index (χ1v) is 6.18. The average Bonchev–Trinajstić information content (AvgIpc) is 2.36. The van der Waals surface area contributed by atoms with Gasteiger partial charge in [0.25, 0.3) is 0 Å². The fourth-order valence-corrected chi connectivity index (χ4v) is 1.94. The molecule has 0 atom stereocenters. The van der Waals surface area contributed by atoms with Gasteiger partial charge in [-0.1, -0.05) is 11.8 Å². The highest BCUT2D eigenvalue weighted by atomic mass is 32.2. The lowest BCUT2D eigenvalue weighted by Crippen LogP contribution is -2.07. The Morgan fingerprint density at radius 1 is 1.61 bits per heavy atom. The molecule has 0 radical (unpaired) electrons. The number of anilines is 1. The monoisotopic (exact) mass is 271 g/mol. The van der Waals surface area contributed by atoms with E-state index in [0.29, 0.717) is 5.82 Å². The van der Waals surface area contributed by atoms with Gasteiger partial charge in [-0.3, -0.25) is 14.9 Å². The van der Waals surface area contributed by atoms with Crippen LogP contribution in [0.15, 0.2) is 17.2 Å². The molecule has 0 aromatic carbocycles. The van der Waals surface area contributed by atoms with E-state index in [1.165, 1.54) is 12.1 Å². The maximum Gasteiger partial charge on any atom is 0.316 e. The van der Waals surface area contributed by atoms with Crippen LogP contribution in [-0.4, -0.2) is 35.3 Å². The van der Waals surface area contributed by atoms with Gasteiger partial charge in [-0.25, -0.2) is 4.98 Å². The summed E-state index contributed by atoms with van der Waals surface area (Å²) in [5.74, 6) is 0.0786. The summed E-state index contributed by atoms with van der Waals surface area (Å²) in [5.41, 5.74) is -0.122. The lowest BCUT2D eigenvalue weighted by molar-refractivity contribution is -0.388. The number of nitrogens with one attached hydrogen (secondary N) is 1. The summed E-state index contributed by atoms with van der Waals surface area (Å²) in [6, 6.07) is 2.86. The third-order valence-electron chi connectivity index (χ3n) is 1.93. The van der Waals surface area contributed by atoms with Gasteiger partial charge in [0.15, 0.2) is 5.03 Å². The number of carbonyl (C=O) groups is 1. The van der Waals surface area contributed by atoms with E-state index in [4.69, 9.17) is 4.74 Å². The maximum atomic E-state index is 11.2. The molecule has 1 aromatic heterocycles. The molecule has 0 unspecified atom stereocenters. The Morgan fingerprint density at radius 2 is 2.33 bits per heavy atom. The number of nitro groups is 1. The molecule has 8 heteroatoms. The zero-order chi connectivity index (χ0) is 13.5. The van der Waals surface area contributed by atoms with Gasteiger partial charge in [-0.15, -0.1) is 0 Å². The normalized spacial score (nSPS) is 9.89. The van der Waals surface area contributed by atoms with Crippen LogP contribution in [-0.2, 0) is 9.53 Å². The third kappa shape index (κ3) is 3.88. The number of ether oxygens (including phenoxy) is 1. The molecule has 18 heavy (non-hydrogen) atoms. The minimum Gasteiger partial charge on any atom is -0.465 e. The summed E-state index contributed by atoms with van der Waals surface area (Å²) in [5, 5.41) is 13.8. The Bertz CT molecular complexity index is 453. The van der Waals surface area contributed by atoms with Gasteiger partial charge < -0.3 is 10.1 Å². The van der Waals surface area contributed by atoms with Gasteiger partial charge in [-0.05, 0) is 13.0 Å². The highest BCUT2D eigenvalue weighted by Gasteiger charge is 2.17. The Labute approximate surface area is 108 Å². The number of hydrogen-bond donors (Lipinski definition) is 1. The largest absolute Gasteiger partial charge is 0.465 e. The fourth-order valence-electron chi connectivity index (χ4n) is 1.15. The molecule has 1 N–H and O–H groups in total. The molecular weight excluding hydrogens is 258 g/mol. The van der Waals surface area contributed by atoms with Crippen molar-refractivity contribution in [3.05, 3.63) is 22.2 Å². The summed E-state index contributed by atoms with van der Waals surface area (Å²) >= 11 is 0.986. The van der Waals surface area contributed by atoms with Crippen molar-refractivity contribution < 1.29 is 14.5 Å². The number of hydrogen-bond acceptors (Lipinski definition) is 7. The van der Waals surface area contributed by atoms with Gasteiger partial charge in [0, 0.05) is 13.1 Å². The van der Waals surface area contributed by atoms with E-state index in [1.807, 2.05) is 0 Å². The van der Waals surface area contributed by atoms with Crippen LogP contribution in [0.4, 0.5) is 11.5 Å². The number of carbonyl (C=O) groups excluding carboxylic acids is 1. The molecule has 0 aliphatic carbocycles. The van der Waals surface area contributed by atoms with Crippen molar-refractivity contribution in [2.24, 2.45) is 0 Å². The predicted octanol–water partition coefficient (Wildman–Crippen LogP) is 1.69. The second-order valence-electron chi connectivity index (χ2n) is 3.12. The molecule has 1 heterocycles. The zero-order valence-electron chi connectivity index (χ0n) is 10.0. The number of aromatic nitrogens is 1. The first-order valence-electron chi connectivity index (χ1n) is 5.20. The lowest BCUT2D eigenvalue weighted by atomic mass is 10.4. The molecule has 0 saturated heterocycles. The van der Waals surface area contributed by atoms with Crippen molar-refractivity contribution in [1.29, 1.82) is 0 Å². The van der Waals surface area contributed by atoms with Crippen LogP contribution in [0.3, 0.4) is 0 Å². The summed E-state index contributed by atoms with van der Waals surface area (Å²) in [6.45, 7) is 1.98. The smallest absolute Gasteiger partial charge is 0.316 e. The van der Waals surface area contributed by atoms with E-state index in [1.54, 1.807) is 14.0 Å². The Balaban J connectivity index is 2.84. The van der Waals surface area contributed by atoms with E-state index in [9.17, 15) is 14.9 Å². The summed E-state index contributed by atoms with van der Waals surface area (Å²) < 4.78 is 4.75. The minimum absolute atomic E-state index is 0.00511. The Hall–Kier alpha value is -1.83. The van der Waals surface area contributed by atoms with Gasteiger partial charge in [-0.2, -0.15) is 0 Å². The van der Waals surface area contributed by atoms with Crippen LogP contribution in [0.1, 0.15) is 6.92 Å². The van der Waals surface area contributed by atoms with Crippen LogP contribution in [0.5, 0.6) is 0 Å². The number of esters is 1. The predicted molar refractivity (Wildman–Crippen MR) is 67.8 cm³/mol. The molecule has 7 nitrogen and oxygen atoms in total. The SMILES string of the molecule is CCOC(=O)CSc1nc(NC)ccc1[N+](=O)[O-]. The highest BCUT2D eigenvalue weighted by Crippen LogP contribution is 2.28. The number of thioether (sulfide) groups is 1. The maximum absolute atomic E-state index is 11.2. The van der Waals surface area contributed by atoms with Crippen molar-refractivity contribution >= 4 is 29.2 Å². The summed E-state index contributed by atoms with van der Waals surface area (Å²) in [7, 11) is 1.66. The molecule has 0 aliphatic rings. The van der Waals surface area contributed by atoms with Crippen molar-refractivity contribution in [2.45, 2.75) is 11.9 Å². The second-order valence-corrected chi connectivity index (χ2v) is 4.09. The Kier molecular flexibility index (Phi) is 5.37. The zero-order valence-corrected chi connectivity index (χ0v) is 10.8. The van der Waals surface area contributed by atoms with Crippen molar-refractivity contribution in [2.75, 3.05) is 24.7 Å². The van der Waals surface area contributed by atoms with Gasteiger partial charge in [0.1, 0.15) is 5.82 Å². The van der Waals surface area contributed by atoms with E-state index in [-0.39, 0.29) is 23.1 Å². The first-order chi connectivity index (χ1) is 8.58. The molecule has 1 rings (SSSR count). The van der Waals surface area contributed by atoms with E-state index < -0.39 is 10.9 Å². The highest BCUT2D eigenvalue weighted by molar-refractivity contribution is 8.00. The third-order valence-corrected chi connectivity index (χ3v) is 2.88. The second kappa shape index (κ2) is 6.80. The summed E-state index contributed by atoms with van der Waals surface area (Å²) in [6.07, 6.45) is 0. The van der Waals surface area contributed by atoms with Crippen LogP contribution in [0, 0.1) is 10.1 Å². The molecule has 98 valence electrons. The quantitative estimate of drug-likeness (QED) is 0.364. The molecule has 0 bridgehead atoms. The van der Waals surface area contributed by atoms with Gasteiger partial charge >= 0.3 is 11.7 Å². The van der Waals surface area contributed by atoms with Gasteiger partial charge in [0.2, 0.25) is 0 Å². The van der Waals surface area contributed by atoms with E-state index in [2.05, 4.69) is 10.3 Å². The van der Waals surface area contributed by atoms with Crippen LogP contribution in [0.2, 0.25) is 0 Å². The molecule has 0 amide bonds.